The minimum Gasteiger partial charge on any atom is -0.372 e. The van der Waals surface area contributed by atoms with E-state index in [0.717, 1.165) is 19.5 Å². The summed E-state index contributed by atoms with van der Waals surface area (Å²) in [5.41, 5.74) is 1.02. The van der Waals surface area contributed by atoms with Gasteiger partial charge in [-0.2, -0.15) is 5.10 Å². The van der Waals surface area contributed by atoms with Crippen LogP contribution in [-0.2, 0) is 17.4 Å². The number of ether oxygens (including phenoxy) is 1. The third-order valence-electron chi connectivity index (χ3n) is 2.74. The fourth-order valence-corrected chi connectivity index (χ4v) is 1.86. The van der Waals surface area contributed by atoms with Gasteiger partial charge in [-0.25, -0.2) is 0 Å². The molecule has 72 valence electrons. The number of hydrogen-bond donors (Lipinski definition) is 1. The third-order valence-corrected chi connectivity index (χ3v) is 2.74. The van der Waals surface area contributed by atoms with Crippen molar-refractivity contribution in [2.45, 2.75) is 12.0 Å². The van der Waals surface area contributed by atoms with Crippen LogP contribution in [0.4, 0.5) is 0 Å². The molecule has 1 aliphatic heterocycles. The highest BCUT2D eigenvalue weighted by Crippen LogP contribution is 2.30. The van der Waals surface area contributed by atoms with E-state index in [0.29, 0.717) is 0 Å². The number of nitrogens with one attached hydrogen (secondary N) is 1. The molecule has 1 aromatic heterocycles. The molecule has 4 heteroatoms. The average molecular weight is 181 g/mol. The van der Waals surface area contributed by atoms with Crippen molar-refractivity contribution in [3.63, 3.8) is 0 Å². The fourth-order valence-electron chi connectivity index (χ4n) is 1.86. The lowest BCUT2D eigenvalue weighted by Gasteiger charge is -2.24. The van der Waals surface area contributed by atoms with Gasteiger partial charge < -0.3 is 10.1 Å². The van der Waals surface area contributed by atoms with E-state index in [4.69, 9.17) is 4.74 Å². The average Bonchev–Trinajstić information content (AvgIpc) is 2.73. The second-order valence-electron chi connectivity index (χ2n) is 3.53. The van der Waals surface area contributed by atoms with Crippen molar-refractivity contribution >= 4 is 0 Å². The van der Waals surface area contributed by atoms with Crippen LogP contribution >= 0.6 is 0 Å². The van der Waals surface area contributed by atoms with Gasteiger partial charge in [-0.15, -0.1) is 0 Å². The molecule has 1 unspecified atom stereocenters. The number of aryl methyl sites for hydroxylation is 1. The van der Waals surface area contributed by atoms with Gasteiger partial charge in [0.05, 0.1) is 6.20 Å². The zero-order chi connectivity index (χ0) is 9.31. The number of rotatable bonds is 2. The molecule has 2 heterocycles. The molecule has 1 aliphatic rings. The molecule has 1 N–H and O–H groups in total. The highest BCUT2D eigenvalue weighted by atomic mass is 16.5. The standard InChI is InChI=1S/C9H15N3O/c1-12-6-8(5-11-12)9(13-2)3-4-10-7-9/h5-6,10H,3-4,7H2,1-2H3. The van der Waals surface area contributed by atoms with Crippen LogP contribution in [-0.4, -0.2) is 30.0 Å². The van der Waals surface area contributed by atoms with Crippen molar-refractivity contribution in [2.75, 3.05) is 20.2 Å². The molecule has 0 saturated carbocycles. The van der Waals surface area contributed by atoms with E-state index >= 15 is 0 Å². The third kappa shape index (κ3) is 1.36. The first-order valence-corrected chi connectivity index (χ1v) is 4.52. The Kier molecular flexibility index (Phi) is 2.09. The van der Waals surface area contributed by atoms with Crippen molar-refractivity contribution in [3.8, 4) is 0 Å². The summed E-state index contributed by atoms with van der Waals surface area (Å²) in [4.78, 5) is 0. The number of methoxy groups -OCH3 is 1. The van der Waals surface area contributed by atoms with Crippen molar-refractivity contribution < 1.29 is 4.74 Å². The maximum atomic E-state index is 5.58. The molecule has 0 aromatic carbocycles. The Balaban J connectivity index is 2.30. The van der Waals surface area contributed by atoms with Gasteiger partial charge in [0.1, 0.15) is 5.60 Å². The monoisotopic (exact) mass is 181 g/mol. The van der Waals surface area contributed by atoms with Gasteiger partial charge >= 0.3 is 0 Å². The molecular weight excluding hydrogens is 166 g/mol. The summed E-state index contributed by atoms with van der Waals surface area (Å²) >= 11 is 0. The van der Waals surface area contributed by atoms with E-state index in [9.17, 15) is 0 Å². The quantitative estimate of drug-likeness (QED) is 0.711. The summed E-state index contributed by atoms with van der Waals surface area (Å²) in [6.07, 6.45) is 4.93. The van der Waals surface area contributed by atoms with Crippen molar-refractivity contribution in [3.05, 3.63) is 18.0 Å². The van der Waals surface area contributed by atoms with Crippen molar-refractivity contribution in [1.29, 1.82) is 0 Å². The van der Waals surface area contributed by atoms with Crippen LogP contribution in [0.15, 0.2) is 12.4 Å². The lowest BCUT2D eigenvalue weighted by molar-refractivity contribution is 0.00319. The first-order valence-electron chi connectivity index (χ1n) is 4.52. The highest BCUT2D eigenvalue weighted by molar-refractivity contribution is 5.18. The molecule has 4 nitrogen and oxygen atoms in total. The molecule has 0 radical (unpaired) electrons. The van der Waals surface area contributed by atoms with Gasteiger partial charge in [0.2, 0.25) is 0 Å². The summed E-state index contributed by atoms with van der Waals surface area (Å²) in [5.74, 6) is 0. The van der Waals surface area contributed by atoms with E-state index in [-0.39, 0.29) is 5.60 Å². The van der Waals surface area contributed by atoms with Crippen LogP contribution < -0.4 is 5.32 Å². The molecule has 1 atom stereocenters. The summed E-state index contributed by atoms with van der Waals surface area (Å²) < 4.78 is 7.40. The van der Waals surface area contributed by atoms with Gasteiger partial charge in [-0.1, -0.05) is 0 Å². The maximum Gasteiger partial charge on any atom is 0.109 e. The van der Waals surface area contributed by atoms with Gasteiger partial charge in [-0.05, 0) is 13.0 Å². The van der Waals surface area contributed by atoms with E-state index in [2.05, 4.69) is 10.4 Å². The molecule has 1 saturated heterocycles. The first-order chi connectivity index (χ1) is 6.27. The molecular formula is C9H15N3O. The molecule has 0 bridgehead atoms. The zero-order valence-electron chi connectivity index (χ0n) is 8.08. The normalized spacial score (nSPS) is 28.2. The Morgan fingerprint density at radius 2 is 2.54 bits per heavy atom. The Morgan fingerprint density at radius 3 is 3.00 bits per heavy atom. The van der Waals surface area contributed by atoms with Crippen molar-refractivity contribution in [2.24, 2.45) is 7.05 Å². The van der Waals surface area contributed by atoms with Crippen LogP contribution in [0.2, 0.25) is 0 Å². The Morgan fingerprint density at radius 1 is 1.69 bits per heavy atom. The first kappa shape index (κ1) is 8.72. The van der Waals surface area contributed by atoms with Crippen LogP contribution in [0.3, 0.4) is 0 Å². The van der Waals surface area contributed by atoms with Crippen LogP contribution in [0, 0.1) is 0 Å². The summed E-state index contributed by atoms with van der Waals surface area (Å²) in [7, 11) is 3.69. The SMILES string of the molecule is COC1(c2cnn(C)c2)CCNC1. The molecule has 13 heavy (non-hydrogen) atoms. The van der Waals surface area contributed by atoms with Crippen LogP contribution in [0.25, 0.3) is 0 Å². The minimum atomic E-state index is -0.145. The number of nitrogens with zero attached hydrogens (tertiary/aromatic N) is 2. The van der Waals surface area contributed by atoms with Crippen LogP contribution in [0.5, 0.6) is 0 Å². The smallest absolute Gasteiger partial charge is 0.109 e. The minimum absolute atomic E-state index is 0.145. The van der Waals surface area contributed by atoms with E-state index in [1.165, 1.54) is 5.56 Å². The van der Waals surface area contributed by atoms with Gasteiger partial charge in [0, 0.05) is 32.5 Å². The van der Waals surface area contributed by atoms with Gasteiger partial charge in [0.15, 0.2) is 0 Å². The Labute approximate surface area is 77.9 Å². The van der Waals surface area contributed by atoms with Gasteiger partial charge in [0.25, 0.3) is 0 Å². The number of aromatic nitrogens is 2. The van der Waals surface area contributed by atoms with E-state index in [1.54, 1.807) is 7.11 Å². The summed E-state index contributed by atoms with van der Waals surface area (Å²) in [6, 6.07) is 0. The molecule has 1 aromatic rings. The molecule has 0 aliphatic carbocycles. The second kappa shape index (κ2) is 3.12. The molecule has 1 fully saturated rings. The predicted octanol–water partition coefficient (Wildman–Crippen LogP) is 0.255. The second-order valence-corrected chi connectivity index (χ2v) is 3.53. The topological polar surface area (TPSA) is 39.1 Å². The maximum absolute atomic E-state index is 5.58. The summed E-state index contributed by atoms with van der Waals surface area (Å²) in [5, 5.41) is 7.47. The number of hydrogen-bond acceptors (Lipinski definition) is 3. The lowest BCUT2D eigenvalue weighted by atomic mass is 9.96. The Bertz CT molecular complexity index is 289. The summed E-state index contributed by atoms with van der Waals surface area (Å²) in [6.45, 7) is 1.90. The van der Waals surface area contributed by atoms with E-state index < -0.39 is 0 Å². The van der Waals surface area contributed by atoms with Crippen molar-refractivity contribution in [1.82, 2.24) is 15.1 Å². The molecule has 0 amide bonds. The largest absolute Gasteiger partial charge is 0.372 e. The van der Waals surface area contributed by atoms with E-state index in [1.807, 2.05) is 24.1 Å². The Hall–Kier alpha value is -0.870. The molecule has 2 rings (SSSR count). The van der Waals surface area contributed by atoms with Crippen LogP contribution in [0.1, 0.15) is 12.0 Å². The fraction of sp³-hybridized carbons (Fsp3) is 0.667. The zero-order valence-corrected chi connectivity index (χ0v) is 8.08. The predicted molar refractivity (Wildman–Crippen MR) is 49.4 cm³/mol. The lowest BCUT2D eigenvalue weighted by Crippen LogP contribution is -2.30. The molecule has 0 spiro atoms. The highest BCUT2D eigenvalue weighted by Gasteiger charge is 2.36. The van der Waals surface area contributed by atoms with Gasteiger partial charge in [-0.3, -0.25) is 4.68 Å².